The fourth-order valence-corrected chi connectivity index (χ4v) is 4.47. The van der Waals surface area contributed by atoms with Gasteiger partial charge in [-0.05, 0) is 48.4 Å². The van der Waals surface area contributed by atoms with Gasteiger partial charge in [-0.3, -0.25) is 4.79 Å². The molecule has 35 heavy (non-hydrogen) atoms. The summed E-state index contributed by atoms with van der Waals surface area (Å²) in [5, 5.41) is 2.23. The van der Waals surface area contributed by atoms with Gasteiger partial charge in [-0.1, -0.05) is 30.3 Å². The molecule has 188 valence electrons. The van der Waals surface area contributed by atoms with E-state index in [4.69, 9.17) is 4.74 Å². The number of hydrogen-bond acceptors (Lipinski definition) is 3. The van der Waals surface area contributed by atoms with E-state index in [2.05, 4.69) is 5.32 Å². The largest absolute Gasteiger partial charge is 0.445 e. The highest BCUT2D eigenvalue weighted by molar-refractivity contribution is 5.95. The number of ether oxygens (including phenoxy) is 1. The van der Waals surface area contributed by atoms with Gasteiger partial charge in [0.15, 0.2) is 0 Å². The lowest BCUT2D eigenvalue weighted by Crippen LogP contribution is -2.40. The molecule has 1 aliphatic heterocycles. The summed E-state index contributed by atoms with van der Waals surface area (Å²) in [5.74, 6) is -1.17. The molecule has 0 unspecified atom stereocenters. The van der Waals surface area contributed by atoms with Crippen molar-refractivity contribution in [2.75, 3.05) is 18.4 Å². The first-order valence-corrected chi connectivity index (χ1v) is 10.9. The van der Waals surface area contributed by atoms with Gasteiger partial charge in [0.05, 0.1) is 11.1 Å². The molecule has 2 aromatic carbocycles. The van der Waals surface area contributed by atoms with Gasteiger partial charge in [0.1, 0.15) is 6.61 Å². The number of likely N-dealkylation sites (tertiary alicyclic amines) is 1. The van der Waals surface area contributed by atoms with Gasteiger partial charge in [0, 0.05) is 24.7 Å². The molecule has 2 aliphatic rings. The Bertz CT molecular complexity index is 1060. The Morgan fingerprint density at radius 3 is 2.06 bits per heavy atom. The van der Waals surface area contributed by atoms with Crippen LogP contribution in [-0.2, 0) is 28.5 Å². The minimum atomic E-state index is -5.00. The van der Waals surface area contributed by atoms with E-state index in [9.17, 15) is 35.9 Å². The third kappa shape index (κ3) is 5.71. The van der Waals surface area contributed by atoms with E-state index in [1.807, 2.05) is 30.3 Å². The number of benzene rings is 2. The lowest BCUT2D eigenvalue weighted by Gasteiger charge is -2.32. The third-order valence-electron chi connectivity index (χ3n) is 6.58. The fourth-order valence-electron chi connectivity index (χ4n) is 4.47. The molecule has 0 bridgehead atoms. The maximum absolute atomic E-state index is 13.1. The SMILES string of the molecule is O=C(Nc1cc(C(F)(F)F)cc(C(F)(F)F)c1)[C@H]1CC12CCN(C(=O)OCc1ccccc1)CC2. The van der Waals surface area contributed by atoms with Crippen LogP contribution in [0.5, 0.6) is 0 Å². The highest BCUT2D eigenvalue weighted by Gasteiger charge is 2.59. The summed E-state index contributed by atoms with van der Waals surface area (Å²) in [6, 6.07) is 10.2. The molecule has 2 amide bonds. The minimum Gasteiger partial charge on any atom is -0.445 e. The first kappa shape index (κ1) is 24.9. The Hall–Kier alpha value is -3.24. The number of amides is 2. The molecule has 0 aromatic heterocycles. The zero-order chi connectivity index (χ0) is 25.4. The molecule has 1 aliphatic carbocycles. The van der Waals surface area contributed by atoms with E-state index >= 15 is 0 Å². The summed E-state index contributed by atoms with van der Waals surface area (Å²) in [5.41, 5.74) is -3.11. The molecule has 1 spiro atoms. The quantitative estimate of drug-likeness (QED) is 0.516. The summed E-state index contributed by atoms with van der Waals surface area (Å²) >= 11 is 0. The van der Waals surface area contributed by atoms with Crippen molar-refractivity contribution in [2.24, 2.45) is 11.3 Å². The number of nitrogens with one attached hydrogen (secondary N) is 1. The minimum absolute atomic E-state index is 0.0148. The molecule has 1 N–H and O–H groups in total. The Balaban J connectivity index is 1.34. The van der Waals surface area contributed by atoms with Crippen molar-refractivity contribution in [2.45, 2.75) is 38.2 Å². The lowest BCUT2D eigenvalue weighted by molar-refractivity contribution is -0.143. The Labute approximate surface area is 197 Å². The molecule has 1 saturated carbocycles. The molecular weight excluding hydrogens is 478 g/mol. The Kier molecular flexibility index (Phi) is 6.46. The number of halogens is 6. The first-order chi connectivity index (χ1) is 16.4. The highest BCUT2D eigenvalue weighted by atomic mass is 19.4. The van der Waals surface area contributed by atoms with Crippen LogP contribution in [0.25, 0.3) is 0 Å². The van der Waals surface area contributed by atoms with Crippen molar-refractivity contribution in [3.05, 3.63) is 65.2 Å². The molecule has 5 nitrogen and oxygen atoms in total. The van der Waals surface area contributed by atoms with Crippen LogP contribution in [0, 0.1) is 11.3 Å². The molecule has 2 fully saturated rings. The van der Waals surface area contributed by atoms with Gasteiger partial charge < -0.3 is 15.0 Å². The average molecular weight is 500 g/mol. The predicted molar refractivity (Wildman–Crippen MR) is 113 cm³/mol. The van der Waals surface area contributed by atoms with E-state index in [0.717, 1.165) is 5.56 Å². The fraction of sp³-hybridized carbons (Fsp3) is 0.417. The van der Waals surface area contributed by atoms with Gasteiger partial charge in [-0.25, -0.2) is 4.79 Å². The van der Waals surface area contributed by atoms with Crippen molar-refractivity contribution in [1.29, 1.82) is 0 Å². The summed E-state index contributed by atoms with van der Waals surface area (Å²) in [4.78, 5) is 26.5. The molecule has 4 rings (SSSR count). The number of piperidine rings is 1. The van der Waals surface area contributed by atoms with Crippen LogP contribution in [0.15, 0.2) is 48.5 Å². The predicted octanol–water partition coefficient (Wildman–Crippen LogP) is 6.10. The molecule has 2 aromatic rings. The van der Waals surface area contributed by atoms with E-state index in [0.29, 0.717) is 44.5 Å². The van der Waals surface area contributed by atoms with Crippen molar-refractivity contribution in [3.8, 4) is 0 Å². The van der Waals surface area contributed by atoms with Crippen LogP contribution in [0.1, 0.15) is 36.0 Å². The standard InChI is InChI=1S/C24H22F6N2O3/c25-23(26,27)16-10-17(24(28,29)30)12-18(11-16)31-20(33)19-13-22(19)6-8-32(9-7-22)21(34)35-14-15-4-2-1-3-5-15/h1-5,10-12,19H,6-9,13-14H2,(H,31,33)/t19-/m1/s1. The smallest absolute Gasteiger partial charge is 0.416 e. The maximum Gasteiger partial charge on any atom is 0.416 e. The van der Waals surface area contributed by atoms with Crippen molar-refractivity contribution >= 4 is 17.7 Å². The zero-order valence-electron chi connectivity index (χ0n) is 18.4. The normalized spacial score (nSPS) is 19.4. The van der Waals surface area contributed by atoms with E-state index < -0.39 is 52.5 Å². The summed E-state index contributed by atoms with van der Waals surface area (Å²) in [6.07, 6.45) is -9.04. The Morgan fingerprint density at radius 2 is 1.51 bits per heavy atom. The molecule has 1 saturated heterocycles. The number of anilines is 1. The molecule has 11 heteroatoms. The molecule has 0 radical (unpaired) electrons. The van der Waals surface area contributed by atoms with Crippen LogP contribution in [0.3, 0.4) is 0 Å². The first-order valence-electron chi connectivity index (χ1n) is 10.9. The summed E-state index contributed by atoms with van der Waals surface area (Å²) in [7, 11) is 0. The van der Waals surface area contributed by atoms with Crippen LogP contribution in [0.4, 0.5) is 36.8 Å². The second kappa shape index (κ2) is 9.09. The van der Waals surface area contributed by atoms with Crippen molar-refractivity contribution in [3.63, 3.8) is 0 Å². The number of carbonyl (C=O) groups is 2. The number of carbonyl (C=O) groups excluding carboxylic acids is 2. The number of nitrogens with zero attached hydrogens (tertiary/aromatic N) is 1. The van der Waals surface area contributed by atoms with Crippen LogP contribution in [0.2, 0.25) is 0 Å². The molecular formula is C24H22F6N2O3. The van der Waals surface area contributed by atoms with Gasteiger partial charge in [-0.15, -0.1) is 0 Å². The number of hydrogen-bond donors (Lipinski definition) is 1. The van der Waals surface area contributed by atoms with Crippen LogP contribution in [-0.4, -0.2) is 30.0 Å². The van der Waals surface area contributed by atoms with Gasteiger partial charge >= 0.3 is 18.4 Å². The number of alkyl halides is 6. The topological polar surface area (TPSA) is 58.6 Å². The van der Waals surface area contributed by atoms with Gasteiger partial charge in [0.25, 0.3) is 0 Å². The van der Waals surface area contributed by atoms with Crippen molar-refractivity contribution < 1.29 is 40.7 Å². The average Bonchev–Trinajstić information content (AvgIpc) is 3.50. The lowest BCUT2D eigenvalue weighted by atomic mass is 9.90. The van der Waals surface area contributed by atoms with Gasteiger partial charge in [0.2, 0.25) is 5.91 Å². The zero-order valence-corrected chi connectivity index (χ0v) is 18.4. The second-order valence-corrected chi connectivity index (χ2v) is 8.93. The summed E-state index contributed by atoms with van der Waals surface area (Å²) in [6.45, 7) is 0.821. The molecule has 1 heterocycles. The second-order valence-electron chi connectivity index (χ2n) is 8.93. The van der Waals surface area contributed by atoms with Crippen molar-refractivity contribution in [1.82, 2.24) is 4.90 Å². The highest BCUT2D eigenvalue weighted by Crippen LogP contribution is 2.59. The van der Waals surface area contributed by atoms with E-state index in [1.165, 1.54) is 4.90 Å². The number of rotatable bonds is 4. The summed E-state index contributed by atoms with van der Waals surface area (Å²) < 4.78 is 83.7. The molecule has 1 atom stereocenters. The van der Waals surface area contributed by atoms with E-state index in [-0.39, 0.29) is 12.7 Å². The third-order valence-corrected chi connectivity index (χ3v) is 6.58. The maximum atomic E-state index is 13.1. The Morgan fingerprint density at radius 1 is 0.943 bits per heavy atom. The van der Waals surface area contributed by atoms with Crippen LogP contribution >= 0.6 is 0 Å². The monoisotopic (exact) mass is 500 g/mol. The van der Waals surface area contributed by atoms with E-state index in [1.54, 1.807) is 0 Å². The van der Waals surface area contributed by atoms with Crippen LogP contribution < -0.4 is 5.32 Å². The van der Waals surface area contributed by atoms with Gasteiger partial charge in [-0.2, -0.15) is 26.3 Å².